The van der Waals surface area contributed by atoms with Gasteiger partial charge in [-0.2, -0.15) is 5.10 Å². The molecule has 9 heteroatoms. The third-order valence-electron chi connectivity index (χ3n) is 5.84. The summed E-state index contributed by atoms with van der Waals surface area (Å²) in [4.78, 5) is 32.1. The standard InChI is InChI=1S/C23H30N6O3/c1-16-4-6-18(7-5-16)29-22-21(17(2)26-29)25-19(23(31)27(22)3)8-9-20(30)24-10-11-28-12-14-32-15-13-28/h4-7H,8-15H2,1-3H3,(H,24,30). The van der Waals surface area contributed by atoms with E-state index in [1.807, 2.05) is 38.1 Å². The molecule has 2 aromatic heterocycles. The Morgan fingerprint density at radius 1 is 1.16 bits per heavy atom. The lowest BCUT2D eigenvalue weighted by atomic mass is 10.2. The molecule has 1 aromatic carbocycles. The van der Waals surface area contributed by atoms with Gasteiger partial charge in [0.1, 0.15) is 11.2 Å². The van der Waals surface area contributed by atoms with Crippen LogP contribution in [0.4, 0.5) is 0 Å². The number of fused-ring (bicyclic) bond motifs is 1. The van der Waals surface area contributed by atoms with Crippen molar-refractivity contribution in [3.05, 3.63) is 51.6 Å². The van der Waals surface area contributed by atoms with Crippen molar-refractivity contribution in [2.45, 2.75) is 26.7 Å². The maximum Gasteiger partial charge on any atom is 0.273 e. The molecular formula is C23H30N6O3. The van der Waals surface area contributed by atoms with Crippen molar-refractivity contribution in [2.24, 2.45) is 7.05 Å². The van der Waals surface area contributed by atoms with E-state index in [1.165, 1.54) is 0 Å². The van der Waals surface area contributed by atoms with Crippen LogP contribution in [0.15, 0.2) is 29.1 Å². The van der Waals surface area contributed by atoms with Gasteiger partial charge in [-0.05, 0) is 26.0 Å². The number of benzene rings is 1. The first-order valence-corrected chi connectivity index (χ1v) is 11.0. The lowest BCUT2D eigenvalue weighted by Gasteiger charge is -2.26. The first-order chi connectivity index (χ1) is 15.4. The zero-order valence-electron chi connectivity index (χ0n) is 18.9. The Hall–Kier alpha value is -3.04. The number of aryl methyl sites for hydroxylation is 4. The van der Waals surface area contributed by atoms with Gasteiger partial charge in [0.15, 0.2) is 5.65 Å². The molecule has 0 radical (unpaired) electrons. The van der Waals surface area contributed by atoms with Gasteiger partial charge in [0, 0.05) is 46.1 Å². The minimum Gasteiger partial charge on any atom is -0.379 e. The molecule has 1 N–H and O–H groups in total. The lowest BCUT2D eigenvalue weighted by molar-refractivity contribution is -0.121. The molecule has 1 amide bonds. The smallest absolute Gasteiger partial charge is 0.273 e. The van der Waals surface area contributed by atoms with Gasteiger partial charge in [-0.25, -0.2) is 9.67 Å². The molecule has 1 fully saturated rings. The molecule has 0 bridgehead atoms. The number of rotatable bonds is 7. The molecule has 0 aliphatic carbocycles. The second kappa shape index (κ2) is 9.62. The van der Waals surface area contributed by atoms with Gasteiger partial charge in [0.2, 0.25) is 5.91 Å². The Morgan fingerprint density at radius 2 is 1.88 bits per heavy atom. The summed E-state index contributed by atoms with van der Waals surface area (Å²) in [5.74, 6) is -0.0747. The number of hydrogen-bond acceptors (Lipinski definition) is 6. The van der Waals surface area contributed by atoms with E-state index in [-0.39, 0.29) is 17.9 Å². The average Bonchev–Trinajstić information content (AvgIpc) is 3.12. The van der Waals surface area contributed by atoms with E-state index in [4.69, 9.17) is 4.74 Å². The summed E-state index contributed by atoms with van der Waals surface area (Å²) in [5.41, 5.74) is 4.27. The maximum absolute atomic E-state index is 13.0. The van der Waals surface area contributed by atoms with E-state index in [2.05, 4.69) is 20.3 Å². The molecule has 0 spiro atoms. The summed E-state index contributed by atoms with van der Waals surface area (Å²) in [5, 5.41) is 7.55. The van der Waals surface area contributed by atoms with Gasteiger partial charge in [0.25, 0.3) is 5.56 Å². The molecule has 3 heterocycles. The zero-order chi connectivity index (χ0) is 22.7. The van der Waals surface area contributed by atoms with Crippen molar-refractivity contribution in [2.75, 3.05) is 39.4 Å². The van der Waals surface area contributed by atoms with Gasteiger partial charge in [-0.1, -0.05) is 17.7 Å². The number of nitrogens with one attached hydrogen (secondary N) is 1. The van der Waals surface area contributed by atoms with E-state index in [0.717, 1.165) is 49.8 Å². The van der Waals surface area contributed by atoms with Crippen LogP contribution in [0, 0.1) is 13.8 Å². The van der Waals surface area contributed by atoms with E-state index in [9.17, 15) is 9.59 Å². The molecule has 1 aliphatic rings. The fourth-order valence-electron chi connectivity index (χ4n) is 3.94. The van der Waals surface area contributed by atoms with E-state index < -0.39 is 0 Å². The third-order valence-corrected chi connectivity index (χ3v) is 5.84. The molecule has 1 aliphatic heterocycles. The zero-order valence-corrected chi connectivity index (χ0v) is 18.9. The van der Waals surface area contributed by atoms with Crippen LogP contribution in [0.2, 0.25) is 0 Å². The Labute approximate surface area is 187 Å². The van der Waals surface area contributed by atoms with Crippen LogP contribution in [0.5, 0.6) is 0 Å². The highest BCUT2D eigenvalue weighted by atomic mass is 16.5. The highest BCUT2D eigenvalue weighted by Gasteiger charge is 2.18. The monoisotopic (exact) mass is 438 g/mol. The quantitative estimate of drug-likeness (QED) is 0.594. The van der Waals surface area contributed by atoms with Crippen molar-refractivity contribution in [1.82, 2.24) is 29.5 Å². The minimum atomic E-state index is -0.202. The van der Waals surface area contributed by atoms with Gasteiger partial charge in [0.05, 0.1) is 24.6 Å². The predicted molar refractivity (Wildman–Crippen MR) is 122 cm³/mol. The maximum atomic E-state index is 13.0. The van der Waals surface area contributed by atoms with Gasteiger partial charge < -0.3 is 10.1 Å². The molecule has 1 saturated heterocycles. The first kappa shape index (κ1) is 22.2. The first-order valence-electron chi connectivity index (χ1n) is 11.0. The number of nitrogens with zero attached hydrogens (tertiary/aromatic N) is 5. The molecular weight excluding hydrogens is 408 g/mol. The molecule has 0 saturated carbocycles. The van der Waals surface area contributed by atoms with Gasteiger partial charge in [-0.3, -0.25) is 19.1 Å². The van der Waals surface area contributed by atoms with Crippen LogP contribution in [0.3, 0.4) is 0 Å². The number of carbonyl (C=O) groups is 1. The van der Waals surface area contributed by atoms with Crippen molar-refractivity contribution < 1.29 is 9.53 Å². The van der Waals surface area contributed by atoms with Crippen LogP contribution in [-0.2, 0) is 23.0 Å². The van der Waals surface area contributed by atoms with Crippen molar-refractivity contribution in [3.8, 4) is 5.69 Å². The summed E-state index contributed by atoms with van der Waals surface area (Å²) in [6, 6.07) is 7.97. The predicted octanol–water partition coefficient (Wildman–Crippen LogP) is 1.12. The van der Waals surface area contributed by atoms with E-state index in [0.29, 0.717) is 29.8 Å². The van der Waals surface area contributed by atoms with Crippen LogP contribution in [0.1, 0.15) is 23.4 Å². The SMILES string of the molecule is Cc1ccc(-n2nc(C)c3nc(CCC(=O)NCCN4CCOCC4)c(=O)n(C)c32)cc1. The Morgan fingerprint density at radius 3 is 2.59 bits per heavy atom. The largest absolute Gasteiger partial charge is 0.379 e. The molecule has 3 aromatic rings. The third kappa shape index (κ3) is 4.73. The fourth-order valence-corrected chi connectivity index (χ4v) is 3.94. The molecule has 0 atom stereocenters. The Bertz CT molecular complexity index is 1160. The number of ether oxygens (including phenoxy) is 1. The highest BCUT2D eigenvalue weighted by Crippen LogP contribution is 2.19. The molecule has 170 valence electrons. The molecule has 0 unspecified atom stereocenters. The average molecular weight is 439 g/mol. The van der Waals surface area contributed by atoms with Crippen molar-refractivity contribution in [3.63, 3.8) is 0 Å². The van der Waals surface area contributed by atoms with E-state index in [1.54, 1.807) is 16.3 Å². The van der Waals surface area contributed by atoms with Crippen molar-refractivity contribution in [1.29, 1.82) is 0 Å². The normalized spacial score (nSPS) is 14.7. The molecule has 32 heavy (non-hydrogen) atoms. The number of amides is 1. The second-order valence-corrected chi connectivity index (χ2v) is 8.23. The Kier molecular flexibility index (Phi) is 6.66. The summed E-state index contributed by atoms with van der Waals surface area (Å²) in [7, 11) is 1.73. The number of hydrogen-bond donors (Lipinski definition) is 1. The summed E-state index contributed by atoms with van der Waals surface area (Å²) < 4.78 is 8.66. The number of aromatic nitrogens is 4. The van der Waals surface area contributed by atoms with Crippen molar-refractivity contribution >= 4 is 17.1 Å². The summed E-state index contributed by atoms with van der Waals surface area (Å²) in [6.45, 7) is 8.57. The van der Waals surface area contributed by atoms with E-state index >= 15 is 0 Å². The molecule has 9 nitrogen and oxygen atoms in total. The van der Waals surface area contributed by atoms with Crippen LogP contribution < -0.4 is 10.9 Å². The topological polar surface area (TPSA) is 94.3 Å². The second-order valence-electron chi connectivity index (χ2n) is 8.23. The Balaban J connectivity index is 1.46. The lowest BCUT2D eigenvalue weighted by Crippen LogP contribution is -2.41. The van der Waals surface area contributed by atoms with Gasteiger partial charge in [-0.15, -0.1) is 0 Å². The summed E-state index contributed by atoms with van der Waals surface area (Å²) >= 11 is 0. The van der Waals surface area contributed by atoms with Crippen LogP contribution >= 0.6 is 0 Å². The number of morpholine rings is 1. The number of carbonyl (C=O) groups excluding carboxylic acids is 1. The van der Waals surface area contributed by atoms with Crippen LogP contribution in [0.25, 0.3) is 16.9 Å². The van der Waals surface area contributed by atoms with Gasteiger partial charge >= 0.3 is 0 Å². The summed E-state index contributed by atoms with van der Waals surface area (Å²) in [6.07, 6.45) is 0.517. The van der Waals surface area contributed by atoms with Crippen LogP contribution in [-0.4, -0.2) is 69.5 Å². The fraction of sp³-hybridized carbons (Fsp3) is 0.478. The highest BCUT2D eigenvalue weighted by molar-refractivity contribution is 5.77. The molecule has 4 rings (SSSR count). The minimum absolute atomic E-state index is 0.0747.